The molecule has 0 N–H and O–H groups in total. The van der Waals surface area contributed by atoms with E-state index in [-0.39, 0.29) is 11.7 Å². The van der Waals surface area contributed by atoms with Crippen LogP contribution in [0.3, 0.4) is 0 Å². The van der Waals surface area contributed by atoms with Gasteiger partial charge in [-0.1, -0.05) is 36.4 Å². The van der Waals surface area contributed by atoms with Gasteiger partial charge < -0.3 is 4.90 Å². The molecule has 1 fully saturated rings. The van der Waals surface area contributed by atoms with Crippen LogP contribution in [0.15, 0.2) is 60.8 Å². The molecule has 28 heavy (non-hydrogen) atoms. The van der Waals surface area contributed by atoms with Gasteiger partial charge in [-0.05, 0) is 36.2 Å². The van der Waals surface area contributed by atoms with Crippen LogP contribution in [-0.4, -0.2) is 51.7 Å². The number of hydrogen-bond donors (Lipinski definition) is 0. The Hall–Kier alpha value is -2.99. The SMILES string of the molecule is Cc1ccccc1CN1CCN(C(=O)c2ccn(-c3ccccc3F)n2)CC1. The highest BCUT2D eigenvalue weighted by Gasteiger charge is 2.24. The summed E-state index contributed by atoms with van der Waals surface area (Å²) in [6, 6.07) is 16.4. The number of benzene rings is 2. The molecular formula is C22H23FN4O. The summed E-state index contributed by atoms with van der Waals surface area (Å²) in [6.07, 6.45) is 1.63. The summed E-state index contributed by atoms with van der Waals surface area (Å²) in [5, 5.41) is 4.29. The third kappa shape index (κ3) is 3.82. The van der Waals surface area contributed by atoms with Gasteiger partial charge >= 0.3 is 0 Å². The molecule has 0 bridgehead atoms. The van der Waals surface area contributed by atoms with Crippen molar-refractivity contribution in [3.8, 4) is 5.69 Å². The Labute approximate surface area is 164 Å². The van der Waals surface area contributed by atoms with Crippen LogP contribution in [0.4, 0.5) is 4.39 Å². The molecule has 0 unspecified atom stereocenters. The maximum absolute atomic E-state index is 13.9. The molecule has 0 atom stereocenters. The molecular weight excluding hydrogens is 355 g/mol. The van der Waals surface area contributed by atoms with Crippen molar-refractivity contribution in [3.63, 3.8) is 0 Å². The second-order valence-corrected chi connectivity index (χ2v) is 7.09. The number of aromatic nitrogens is 2. The number of carbonyl (C=O) groups is 1. The van der Waals surface area contributed by atoms with Gasteiger partial charge in [0.05, 0.1) is 0 Å². The maximum atomic E-state index is 13.9. The van der Waals surface area contributed by atoms with E-state index in [2.05, 4.69) is 41.2 Å². The molecule has 1 aliphatic heterocycles. The maximum Gasteiger partial charge on any atom is 0.274 e. The predicted molar refractivity (Wildman–Crippen MR) is 106 cm³/mol. The van der Waals surface area contributed by atoms with Crippen LogP contribution in [0.1, 0.15) is 21.6 Å². The smallest absolute Gasteiger partial charge is 0.274 e. The van der Waals surface area contributed by atoms with E-state index >= 15 is 0 Å². The third-order valence-corrected chi connectivity index (χ3v) is 5.22. The largest absolute Gasteiger partial charge is 0.335 e. The fourth-order valence-corrected chi connectivity index (χ4v) is 3.51. The van der Waals surface area contributed by atoms with Crippen LogP contribution < -0.4 is 0 Å². The molecule has 144 valence electrons. The standard InChI is InChI=1S/C22H23FN4O/c1-17-6-2-3-7-18(17)16-25-12-14-26(15-13-25)22(28)20-10-11-27(24-20)21-9-5-4-8-19(21)23/h2-11H,12-16H2,1H3. The summed E-state index contributed by atoms with van der Waals surface area (Å²) in [4.78, 5) is 17.0. The van der Waals surface area contributed by atoms with Crippen molar-refractivity contribution in [2.75, 3.05) is 26.2 Å². The van der Waals surface area contributed by atoms with Gasteiger partial charge in [-0.2, -0.15) is 5.10 Å². The number of nitrogens with zero attached hydrogens (tertiary/aromatic N) is 4. The quantitative estimate of drug-likeness (QED) is 0.700. The van der Waals surface area contributed by atoms with Crippen molar-refractivity contribution < 1.29 is 9.18 Å². The highest BCUT2D eigenvalue weighted by Crippen LogP contribution is 2.15. The zero-order valence-electron chi connectivity index (χ0n) is 15.9. The minimum atomic E-state index is -0.366. The van der Waals surface area contributed by atoms with Gasteiger partial charge in [-0.15, -0.1) is 0 Å². The summed E-state index contributed by atoms with van der Waals surface area (Å²) in [6.45, 7) is 6.01. The molecule has 2 heterocycles. The van der Waals surface area contributed by atoms with E-state index in [1.165, 1.54) is 21.9 Å². The van der Waals surface area contributed by atoms with Gasteiger partial charge in [0.2, 0.25) is 0 Å². The molecule has 4 rings (SSSR count). The Morgan fingerprint density at radius 1 is 1.00 bits per heavy atom. The Morgan fingerprint density at radius 2 is 1.71 bits per heavy atom. The number of carbonyl (C=O) groups excluding carboxylic acids is 1. The Bertz CT molecular complexity index is 976. The molecule has 5 nitrogen and oxygen atoms in total. The number of aryl methyl sites for hydroxylation is 1. The molecule has 6 heteroatoms. The van der Waals surface area contributed by atoms with Crippen molar-refractivity contribution in [1.82, 2.24) is 19.6 Å². The van der Waals surface area contributed by atoms with Crippen molar-refractivity contribution in [3.05, 3.63) is 83.4 Å². The van der Waals surface area contributed by atoms with Crippen molar-refractivity contribution in [1.29, 1.82) is 0 Å². The highest BCUT2D eigenvalue weighted by atomic mass is 19.1. The number of amides is 1. The van der Waals surface area contributed by atoms with Gasteiger partial charge in [0.25, 0.3) is 5.91 Å². The Kier molecular flexibility index (Phi) is 5.21. The van der Waals surface area contributed by atoms with Gasteiger partial charge in [-0.3, -0.25) is 9.69 Å². The second kappa shape index (κ2) is 7.94. The van der Waals surface area contributed by atoms with E-state index in [0.29, 0.717) is 24.5 Å². The van der Waals surface area contributed by atoms with Crippen LogP contribution in [-0.2, 0) is 6.54 Å². The summed E-state index contributed by atoms with van der Waals surface area (Å²) in [7, 11) is 0. The molecule has 1 saturated heterocycles. The number of hydrogen-bond acceptors (Lipinski definition) is 3. The molecule has 0 aliphatic carbocycles. The zero-order chi connectivity index (χ0) is 19.5. The minimum Gasteiger partial charge on any atom is -0.335 e. The van der Waals surface area contributed by atoms with E-state index in [9.17, 15) is 9.18 Å². The van der Waals surface area contributed by atoms with Crippen LogP contribution in [0.2, 0.25) is 0 Å². The average Bonchev–Trinajstić information content (AvgIpc) is 3.20. The number of para-hydroxylation sites is 1. The summed E-state index contributed by atoms with van der Waals surface area (Å²) < 4.78 is 15.3. The summed E-state index contributed by atoms with van der Waals surface area (Å²) in [5.74, 6) is -0.472. The molecule has 1 aliphatic rings. The van der Waals surface area contributed by atoms with Gasteiger partial charge in [0.15, 0.2) is 5.69 Å². The van der Waals surface area contributed by atoms with Crippen molar-refractivity contribution in [2.24, 2.45) is 0 Å². The fourth-order valence-electron chi connectivity index (χ4n) is 3.51. The van der Waals surface area contributed by atoms with Crippen LogP contribution in [0, 0.1) is 12.7 Å². The van der Waals surface area contributed by atoms with Gasteiger partial charge in [0, 0.05) is 38.9 Å². The number of piperazine rings is 1. The van der Waals surface area contributed by atoms with Crippen LogP contribution >= 0.6 is 0 Å². The molecule has 0 spiro atoms. The molecule has 2 aromatic carbocycles. The van der Waals surface area contributed by atoms with Crippen molar-refractivity contribution in [2.45, 2.75) is 13.5 Å². The lowest BCUT2D eigenvalue weighted by molar-refractivity contribution is 0.0622. The van der Waals surface area contributed by atoms with Crippen LogP contribution in [0.5, 0.6) is 0 Å². The average molecular weight is 378 g/mol. The highest BCUT2D eigenvalue weighted by molar-refractivity contribution is 5.92. The van der Waals surface area contributed by atoms with E-state index < -0.39 is 0 Å². The summed E-state index contributed by atoms with van der Waals surface area (Å²) >= 11 is 0. The molecule has 3 aromatic rings. The van der Waals surface area contributed by atoms with E-state index in [4.69, 9.17) is 0 Å². The molecule has 0 saturated carbocycles. The topological polar surface area (TPSA) is 41.4 Å². The number of rotatable bonds is 4. The first-order valence-corrected chi connectivity index (χ1v) is 9.48. The molecule has 0 radical (unpaired) electrons. The summed E-state index contributed by atoms with van der Waals surface area (Å²) in [5.41, 5.74) is 3.30. The fraction of sp³-hybridized carbons (Fsp3) is 0.273. The Morgan fingerprint density at radius 3 is 2.46 bits per heavy atom. The minimum absolute atomic E-state index is 0.106. The normalized spacial score (nSPS) is 15.0. The third-order valence-electron chi connectivity index (χ3n) is 5.22. The zero-order valence-corrected chi connectivity index (χ0v) is 15.9. The lowest BCUT2D eigenvalue weighted by Crippen LogP contribution is -2.48. The first-order valence-electron chi connectivity index (χ1n) is 9.48. The lowest BCUT2D eigenvalue weighted by atomic mass is 10.1. The molecule has 1 amide bonds. The van der Waals surface area contributed by atoms with Gasteiger partial charge in [-0.25, -0.2) is 9.07 Å². The van der Waals surface area contributed by atoms with E-state index in [0.717, 1.165) is 19.6 Å². The second-order valence-electron chi connectivity index (χ2n) is 7.09. The monoisotopic (exact) mass is 378 g/mol. The van der Waals surface area contributed by atoms with Crippen LogP contribution in [0.25, 0.3) is 5.69 Å². The predicted octanol–water partition coefficient (Wildman–Crippen LogP) is 3.28. The molecule has 1 aromatic heterocycles. The first kappa shape index (κ1) is 18.4. The Balaban J connectivity index is 1.38. The van der Waals surface area contributed by atoms with Crippen molar-refractivity contribution >= 4 is 5.91 Å². The van der Waals surface area contributed by atoms with E-state index in [1.807, 2.05) is 4.90 Å². The number of halogens is 1. The lowest BCUT2D eigenvalue weighted by Gasteiger charge is -2.34. The van der Waals surface area contributed by atoms with Gasteiger partial charge in [0.1, 0.15) is 11.5 Å². The first-order chi connectivity index (χ1) is 13.6. The van der Waals surface area contributed by atoms with E-state index in [1.54, 1.807) is 30.5 Å².